The summed E-state index contributed by atoms with van der Waals surface area (Å²) in [5.41, 5.74) is 1.28. The first-order chi connectivity index (χ1) is 9.13. The summed E-state index contributed by atoms with van der Waals surface area (Å²) in [6.45, 7) is 4.96. The van der Waals surface area contributed by atoms with Gasteiger partial charge in [0.1, 0.15) is 5.75 Å². The lowest BCUT2D eigenvalue weighted by atomic mass is 9.93. The minimum absolute atomic E-state index is 0.0782. The normalized spacial score (nSPS) is 23.6. The van der Waals surface area contributed by atoms with Gasteiger partial charge in [-0.05, 0) is 57.2 Å². The molecule has 0 aromatic heterocycles. The van der Waals surface area contributed by atoms with Crippen molar-refractivity contribution >= 4 is 0 Å². The summed E-state index contributed by atoms with van der Waals surface area (Å²) in [7, 11) is 0. The van der Waals surface area contributed by atoms with Crippen LogP contribution in [0.2, 0.25) is 0 Å². The van der Waals surface area contributed by atoms with Gasteiger partial charge in [0.05, 0.1) is 12.2 Å². The molecule has 0 aliphatic heterocycles. The van der Waals surface area contributed by atoms with Crippen molar-refractivity contribution in [2.45, 2.75) is 64.3 Å². The number of hydrogen-bond donors (Lipinski definition) is 2. The molecule has 0 unspecified atom stereocenters. The van der Waals surface area contributed by atoms with Crippen LogP contribution in [0, 0.1) is 0 Å². The molecule has 1 aliphatic rings. The van der Waals surface area contributed by atoms with Crippen LogP contribution in [0.5, 0.6) is 5.75 Å². The van der Waals surface area contributed by atoms with Gasteiger partial charge in [0, 0.05) is 12.6 Å². The number of aliphatic hydroxyl groups is 1. The molecule has 2 N–H and O–H groups in total. The van der Waals surface area contributed by atoms with Crippen LogP contribution in [0.3, 0.4) is 0 Å². The van der Waals surface area contributed by atoms with E-state index >= 15 is 0 Å². The summed E-state index contributed by atoms with van der Waals surface area (Å²) in [4.78, 5) is 0. The van der Waals surface area contributed by atoms with E-state index in [1.54, 1.807) is 0 Å². The number of nitrogens with one attached hydrogen (secondary N) is 1. The van der Waals surface area contributed by atoms with Gasteiger partial charge in [0.2, 0.25) is 0 Å². The molecule has 0 radical (unpaired) electrons. The highest BCUT2D eigenvalue weighted by Gasteiger charge is 2.18. The predicted molar refractivity (Wildman–Crippen MR) is 77.3 cm³/mol. The highest BCUT2D eigenvalue weighted by molar-refractivity contribution is 5.27. The zero-order chi connectivity index (χ0) is 13.7. The maximum absolute atomic E-state index is 9.47. The van der Waals surface area contributed by atoms with Gasteiger partial charge in [-0.15, -0.1) is 0 Å². The first-order valence-corrected chi connectivity index (χ1v) is 7.30. The lowest BCUT2D eigenvalue weighted by Gasteiger charge is -2.26. The van der Waals surface area contributed by atoms with E-state index in [-0.39, 0.29) is 12.2 Å². The molecule has 1 fully saturated rings. The van der Waals surface area contributed by atoms with E-state index < -0.39 is 0 Å². The van der Waals surface area contributed by atoms with E-state index in [2.05, 4.69) is 17.4 Å². The average Bonchev–Trinajstić information content (AvgIpc) is 2.39. The molecule has 2 rings (SSSR count). The molecular formula is C16H25NO2. The number of hydrogen-bond acceptors (Lipinski definition) is 3. The molecule has 106 valence electrons. The molecule has 1 saturated carbocycles. The Morgan fingerprint density at radius 1 is 1.16 bits per heavy atom. The lowest BCUT2D eigenvalue weighted by Crippen LogP contribution is -2.34. The van der Waals surface area contributed by atoms with Gasteiger partial charge in [0.25, 0.3) is 0 Å². The molecule has 0 amide bonds. The molecule has 1 aromatic carbocycles. The maximum Gasteiger partial charge on any atom is 0.119 e. The molecule has 0 heterocycles. The van der Waals surface area contributed by atoms with Gasteiger partial charge >= 0.3 is 0 Å². The van der Waals surface area contributed by atoms with Gasteiger partial charge in [-0.1, -0.05) is 12.1 Å². The quantitative estimate of drug-likeness (QED) is 0.858. The third kappa shape index (κ3) is 4.84. The van der Waals surface area contributed by atoms with Crippen molar-refractivity contribution < 1.29 is 9.84 Å². The van der Waals surface area contributed by atoms with E-state index in [4.69, 9.17) is 4.74 Å². The Balaban J connectivity index is 1.76. The number of rotatable bonds is 5. The molecule has 0 spiro atoms. The molecule has 1 aliphatic carbocycles. The molecule has 19 heavy (non-hydrogen) atoms. The zero-order valence-electron chi connectivity index (χ0n) is 11.9. The van der Waals surface area contributed by atoms with E-state index in [0.29, 0.717) is 6.04 Å². The van der Waals surface area contributed by atoms with Gasteiger partial charge in [-0.3, -0.25) is 0 Å². The van der Waals surface area contributed by atoms with Crippen LogP contribution in [0.4, 0.5) is 0 Å². The summed E-state index contributed by atoms with van der Waals surface area (Å²) in [5.74, 6) is 0.930. The van der Waals surface area contributed by atoms with Crippen molar-refractivity contribution in [3.63, 3.8) is 0 Å². The number of benzene rings is 1. The van der Waals surface area contributed by atoms with Crippen LogP contribution in [-0.4, -0.2) is 23.4 Å². The third-order valence-electron chi connectivity index (χ3n) is 3.59. The van der Waals surface area contributed by atoms with Crippen molar-refractivity contribution in [2.75, 3.05) is 0 Å². The fraction of sp³-hybridized carbons (Fsp3) is 0.625. The van der Waals surface area contributed by atoms with Gasteiger partial charge < -0.3 is 15.2 Å². The first kappa shape index (κ1) is 14.4. The summed E-state index contributed by atoms with van der Waals surface area (Å²) in [6.07, 6.45) is 4.16. The van der Waals surface area contributed by atoms with Crippen molar-refractivity contribution in [3.8, 4) is 5.75 Å². The smallest absolute Gasteiger partial charge is 0.119 e. The standard InChI is InChI=1S/C16H25NO2/c1-12(2)19-16-9-3-13(4-10-16)11-17-14-5-7-15(18)8-6-14/h3-4,9-10,12,14-15,17-18H,5-8,11H2,1-2H3. The van der Waals surface area contributed by atoms with E-state index in [1.165, 1.54) is 5.56 Å². The highest BCUT2D eigenvalue weighted by atomic mass is 16.5. The molecule has 0 bridgehead atoms. The summed E-state index contributed by atoms with van der Waals surface area (Å²) < 4.78 is 5.63. The molecule has 3 nitrogen and oxygen atoms in total. The fourth-order valence-corrected chi connectivity index (χ4v) is 2.50. The van der Waals surface area contributed by atoms with Crippen molar-refractivity contribution in [1.82, 2.24) is 5.32 Å². The Hall–Kier alpha value is -1.06. The van der Waals surface area contributed by atoms with E-state index in [1.807, 2.05) is 26.0 Å². The van der Waals surface area contributed by atoms with Gasteiger partial charge in [0.15, 0.2) is 0 Å². The molecule has 1 aromatic rings. The Morgan fingerprint density at radius 2 is 1.79 bits per heavy atom. The summed E-state index contributed by atoms with van der Waals surface area (Å²) in [6, 6.07) is 8.84. The summed E-state index contributed by atoms with van der Waals surface area (Å²) in [5, 5.41) is 13.0. The summed E-state index contributed by atoms with van der Waals surface area (Å²) >= 11 is 0. The molecule has 0 atom stereocenters. The monoisotopic (exact) mass is 263 g/mol. The van der Waals surface area contributed by atoms with Crippen molar-refractivity contribution in [3.05, 3.63) is 29.8 Å². The second kappa shape index (κ2) is 6.92. The lowest BCUT2D eigenvalue weighted by molar-refractivity contribution is 0.116. The topological polar surface area (TPSA) is 41.5 Å². The minimum atomic E-state index is -0.0782. The Morgan fingerprint density at radius 3 is 2.37 bits per heavy atom. The second-order valence-corrected chi connectivity index (χ2v) is 5.70. The SMILES string of the molecule is CC(C)Oc1ccc(CNC2CCC(O)CC2)cc1. The molecule has 0 saturated heterocycles. The Bertz CT molecular complexity index is 367. The number of ether oxygens (including phenoxy) is 1. The van der Waals surface area contributed by atoms with Crippen LogP contribution in [0.25, 0.3) is 0 Å². The zero-order valence-corrected chi connectivity index (χ0v) is 11.9. The Kier molecular flexibility index (Phi) is 5.23. The minimum Gasteiger partial charge on any atom is -0.491 e. The van der Waals surface area contributed by atoms with Crippen LogP contribution >= 0.6 is 0 Å². The highest BCUT2D eigenvalue weighted by Crippen LogP contribution is 2.19. The van der Waals surface area contributed by atoms with Gasteiger partial charge in [-0.25, -0.2) is 0 Å². The average molecular weight is 263 g/mol. The van der Waals surface area contributed by atoms with Crippen LogP contribution in [0.1, 0.15) is 45.1 Å². The van der Waals surface area contributed by atoms with Crippen molar-refractivity contribution in [1.29, 1.82) is 0 Å². The van der Waals surface area contributed by atoms with Crippen molar-refractivity contribution in [2.24, 2.45) is 0 Å². The number of aliphatic hydroxyl groups excluding tert-OH is 1. The van der Waals surface area contributed by atoms with E-state index in [0.717, 1.165) is 38.0 Å². The van der Waals surface area contributed by atoms with Crippen LogP contribution in [-0.2, 0) is 6.54 Å². The maximum atomic E-state index is 9.47. The third-order valence-corrected chi connectivity index (χ3v) is 3.59. The van der Waals surface area contributed by atoms with Gasteiger partial charge in [-0.2, -0.15) is 0 Å². The molecule has 3 heteroatoms. The van der Waals surface area contributed by atoms with Crippen LogP contribution < -0.4 is 10.1 Å². The largest absolute Gasteiger partial charge is 0.491 e. The first-order valence-electron chi connectivity index (χ1n) is 7.30. The molecular weight excluding hydrogens is 238 g/mol. The Labute approximate surface area is 116 Å². The van der Waals surface area contributed by atoms with E-state index in [9.17, 15) is 5.11 Å². The van der Waals surface area contributed by atoms with Crippen LogP contribution in [0.15, 0.2) is 24.3 Å². The predicted octanol–water partition coefficient (Wildman–Crippen LogP) is 2.87. The second-order valence-electron chi connectivity index (χ2n) is 5.70. The fourth-order valence-electron chi connectivity index (χ4n) is 2.50.